The maximum atomic E-state index is 13.0. The number of likely N-dealkylation sites (N-methyl/N-ethyl adjacent to an activating group) is 1. The Labute approximate surface area is 537 Å². The minimum atomic E-state index is -1.51. The van der Waals surface area contributed by atoms with Crippen LogP contribution in [0.2, 0.25) is 0 Å². The molecule has 0 aromatic rings. The molecule has 87 heavy (non-hydrogen) atoms. The van der Waals surface area contributed by atoms with Gasteiger partial charge in [0.2, 0.25) is 0 Å². The molecule has 0 amide bonds. The first-order valence-corrected chi connectivity index (χ1v) is 36.4. The largest absolute Gasteiger partial charge is 0.477 e. The Bertz CT molecular complexity index is 1750. The number of quaternary nitrogens is 1. The number of nitrogens with zero attached hydrogens (tertiary/aromatic N) is 1. The minimum absolute atomic E-state index is 0.181. The van der Waals surface area contributed by atoms with Crippen molar-refractivity contribution in [2.45, 2.75) is 334 Å². The van der Waals surface area contributed by atoms with E-state index in [1.807, 2.05) is 21.1 Å². The van der Waals surface area contributed by atoms with E-state index in [4.69, 9.17) is 18.9 Å². The number of unbranched alkanes of at least 4 members (excludes halogenated alkanes) is 36. The number of hydrogen-bond donors (Lipinski definition) is 1. The van der Waals surface area contributed by atoms with E-state index in [9.17, 15) is 19.5 Å². The average molecular weight is 1220 g/mol. The number of hydrogen-bond acceptors (Lipinski definition) is 7. The van der Waals surface area contributed by atoms with E-state index in [-0.39, 0.29) is 32.2 Å². The first-order valence-electron chi connectivity index (χ1n) is 36.4. The topological polar surface area (TPSA) is 108 Å². The minimum Gasteiger partial charge on any atom is -0.477 e. The van der Waals surface area contributed by atoms with Gasteiger partial charge in [-0.2, -0.15) is 0 Å². The van der Waals surface area contributed by atoms with Gasteiger partial charge in [0.25, 0.3) is 6.29 Å². The maximum Gasteiger partial charge on any atom is 0.361 e. The van der Waals surface area contributed by atoms with Gasteiger partial charge in [0.15, 0.2) is 6.10 Å². The normalized spacial score (nSPS) is 13.3. The summed E-state index contributed by atoms with van der Waals surface area (Å²) >= 11 is 0. The number of carbonyl (C=O) groups excluding carboxylic acids is 2. The second-order valence-electron chi connectivity index (χ2n) is 25.5. The zero-order valence-electron chi connectivity index (χ0n) is 57.4. The summed E-state index contributed by atoms with van der Waals surface area (Å²) in [6.45, 7) is 4.69. The van der Waals surface area contributed by atoms with E-state index in [1.165, 1.54) is 205 Å². The molecule has 0 saturated carbocycles. The highest BCUT2D eigenvalue weighted by atomic mass is 16.7. The Kier molecular flexibility index (Phi) is 65.2. The summed E-state index contributed by atoms with van der Waals surface area (Å²) in [7, 11) is 5.99. The molecule has 2 unspecified atom stereocenters. The molecule has 0 aliphatic heterocycles. The van der Waals surface area contributed by atoms with Gasteiger partial charge >= 0.3 is 17.9 Å². The Hall–Kier alpha value is -3.79. The Morgan fingerprint density at radius 2 is 0.621 bits per heavy atom. The molecule has 0 aromatic carbocycles. The van der Waals surface area contributed by atoms with Gasteiger partial charge in [0.05, 0.1) is 34.4 Å². The lowest BCUT2D eigenvalue weighted by Crippen LogP contribution is -2.40. The van der Waals surface area contributed by atoms with Crippen LogP contribution in [0, 0.1) is 0 Å². The molecular weight excluding hydrogens is 1080 g/mol. The van der Waals surface area contributed by atoms with E-state index in [0.29, 0.717) is 17.4 Å². The van der Waals surface area contributed by atoms with Crippen LogP contribution in [-0.4, -0.2) is 87.4 Å². The van der Waals surface area contributed by atoms with Crippen LogP contribution in [0.3, 0.4) is 0 Å². The number of carboxylic acid groups (broad SMARTS) is 1. The summed E-state index contributed by atoms with van der Waals surface area (Å²) in [5.74, 6) is -1.99. The lowest BCUT2D eigenvalue weighted by Gasteiger charge is -2.25. The predicted octanol–water partition coefficient (Wildman–Crippen LogP) is 22.8. The van der Waals surface area contributed by atoms with Gasteiger partial charge in [-0.3, -0.25) is 9.59 Å². The fourth-order valence-electron chi connectivity index (χ4n) is 10.4. The van der Waals surface area contributed by atoms with Gasteiger partial charge in [-0.25, -0.2) is 4.79 Å². The van der Waals surface area contributed by atoms with Crippen LogP contribution in [0.5, 0.6) is 0 Å². The zero-order chi connectivity index (χ0) is 63.3. The van der Waals surface area contributed by atoms with E-state index >= 15 is 0 Å². The molecule has 0 saturated heterocycles. The number of allylic oxidation sites excluding steroid dienone is 16. The van der Waals surface area contributed by atoms with Gasteiger partial charge in [-0.15, -0.1) is 0 Å². The maximum absolute atomic E-state index is 13.0. The van der Waals surface area contributed by atoms with Crippen molar-refractivity contribution < 1.29 is 42.9 Å². The number of carbonyl (C=O) groups is 3. The smallest absolute Gasteiger partial charge is 0.361 e. The molecular formula is C78H138NO8+. The fraction of sp³-hybridized carbons (Fsp3) is 0.756. The quantitative estimate of drug-likeness (QED) is 0.0211. The van der Waals surface area contributed by atoms with Gasteiger partial charge in [0, 0.05) is 12.8 Å². The number of carboxylic acids is 1. The Morgan fingerprint density at radius 1 is 0.345 bits per heavy atom. The molecule has 502 valence electrons. The average Bonchev–Trinajstić information content (AvgIpc) is 3.51. The molecule has 0 radical (unpaired) electrons. The lowest BCUT2D eigenvalue weighted by molar-refractivity contribution is -0.870. The molecule has 0 heterocycles. The van der Waals surface area contributed by atoms with E-state index in [2.05, 4.69) is 111 Å². The monoisotopic (exact) mass is 1220 g/mol. The molecule has 0 aliphatic carbocycles. The summed E-state index contributed by atoms with van der Waals surface area (Å²) in [4.78, 5) is 37.7. The van der Waals surface area contributed by atoms with Gasteiger partial charge in [-0.1, -0.05) is 317 Å². The Balaban J connectivity index is 4.06. The van der Waals surface area contributed by atoms with Crippen molar-refractivity contribution in [1.29, 1.82) is 0 Å². The van der Waals surface area contributed by atoms with Crippen LogP contribution in [0.25, 0.3) is 0 Å². The molecule has 2 atom stereocenters. The summed E-state index contributed by atoms with van der Waals surface area (Å²) in [6, 6.07) is 0. The van der Waals surface area contributed by atoms with Crippen LogP contribution in [-0.2, 0) is 33.3 Å². The molecule has 0 aromatic heterocycles. The van der Waals surface area contributed by atoms with Crippen molar-refractivity contribution in [3.63, 3.8) is 0 Å². The molecule has 0 bridgehead atoms. The van der Waals surface area contributed by atoms with Gasteiger partial charge in [-0.05, 0) is 89.9 Å². The summed E-state index contributed by atoms with van der Waals surface area (Å²) in [6.07, 6.45) is 91.0. The molecule has 1 N–H and O–H groups in total. The van der Waals surface area contributed by atoms with Crippen molar-refractivity contribution in [2.24, 2.45) is 0 Å². The predicted molar refractivity (Wildman–Crippen MR) is 373 cm³/mol. The molecule has 0 rings (SSSR count). The highest BCUT2D eigenvalue weighted by molar-refractivity contribution is 5.71. The van der Waals surface area contributed by atoms with Crippen molar-refractivity contribution in [3.8, 4) is 0 Å². The molecule has 0 aliphatic rings. The van der Waals surface area contributed by atoms with Crippen molar-refractivity contribution in [2.75, 3.05) is 47.5 Å². The van der Waals surface area contributed by atoms with Crippen molar-refractivity contribution in [1.82, 2.24) is 0 Å². The summed E-state index contributed by atoms with van der Waals surface area (Å²) in [5.41, 5.74) is 0. The number of aliphatic carboxylic acids is 1. The zero-order valence-corrected chi connectivity index (χ0v) is 57.4. The second kappa shape index (κ2) is 68.1. The number of esters is 2. The fourth-order valence-corrected chi connectivity index (χ4v) is 10.4. The highest BCUT2D eigenvalue weighted by Gasteiger charge is 2.25. The first-order chi connectivity index (χ1) is 42.6. The first kappa shape index (κ1) is 83.2. The van der Waals surface area contributed by atoms with Crippen LogP contribution < -0.4 is 0 Å². The molecule has 0 fully saturated rings. The van der Waals surface area contributed by atoms with Gasteiger partial charge in [0.1, 0.15) is 13.2 Å². The number of ether oxygens (including phenoxy) is 4. The highest BCUT2D eigenvalue weighted by Crippen LogP contribution is 2.18. The van der Waals surface area contributed by atoms with Crippen molar-refractivity contribution in [3.05, 3.63) is 97.2 Å². The van der Waals surface area contributed by atoms with E-state index in [0.717, 1.165) is 89.9 Å². The molecule has 9 heteroatoms. The van der Waals surface area contributed by atoms with Crippen LogP contribution in [0.1, 0.15) is 322 Å². The molecule has 0 spiro atoms. The van der Waals surface area contributed by atoms with Crippen LogP contribution in [0.4, 0.5) is 0 Å². The lowest BCUT2D eigenvalue weighted by atomic mass is 10.0. The second-order valence-corrected chi connectivity index (χ2v) is 25.5. The summed E-state index contributed by atoms with van der Waals surface area (Å²) in [5, 5.41) is 9.76. The van der Waals surface area contributed by atoms with E-state index < -0.39 is 24.3 Å². The van der Waals surface area contributed by atoms with Gasteiger partial charge < -0.3 is 28.5 Å². The SMILES string of the molecule is CC/C=C\C/C=C\C/C=C\C/C=C\CCCCCCCCCCCCCCCCCCCCC(=O)OCC(COC(OCC[N+](C)(C)C)C(=O)O)OC(=O)CCCCCCCCCCCCCCCCCCCC/C=C\C/C=C\C/C=C\C/C=C\CC. The van der Waals surface area contributed by atoms with Crippen LogP contribution >= 0.6 is 0 Å². The third-order valence-electron chi connectivity index (χ3n) is 15.8. The van der Waals surface area contributed by atoms with Crippen LogP contribution in [0.15, 0.2) is 97.2 Å². The molecule has 9 nitrogen and oxygen atoms in total. The third-order valence-corrected chi connectivity index (χ3v) is 15.8. The standard InChI is InChI=1S/C78H137NO8/c1-6-8-10-12-14-16-18-20-22-24-26-28-30-32-34-36-38-40-42-44-46-48-50-52-54-56-58-60-62-64-66-68-75(80)85-72-74(73-86-78(77(82)83)84-71-70-79(3,4)5)87-76(81)69-67-65-63-61-59-57-55-53-51-49-47-45-43-41-39-37-35-33-31-29-27-25-23-21-19-17-15-13-11-9-7-2/h8-11,14-17,20-23,26-29,74,78H,6-7,12-13,18-19,24-25,30-73H2,1-5H3/p+1/b10-8-,11-9-,16-14-,17-15-,22-20-,23-21-,28-26-,29-27-. The van der Waals surface area contributed by atoms with Crippen molar-refractivity contribution >= 4 is 17.9 Å². The number of rotatable bonds is 67. The Morgan fingerprint density at radius 3 is 0.920 bits per heavy atom. The summed E-state index contributed by atoms with van der Waals surface area (Å²) < 4.78 is 23.0. The van der Waals surface area contributed by atoms with E-state index in [1.54, 1.807) is 0 Å². The third kappa shape index (κ3) is 69.5.